The van der Waals surface area contributed by atoms with Gasteiger partial charge in [0.1, 0.15) is 23.8 Å². The second-order valence-corrected chi connectivity index (χ2v) is 9.28. The van der Waals surface area contributed by atoms with Crippen LogP contribution in [0.4, 0.5) is 17.2 Å². The van der Waals surface area contributed by atoms with Gasteiger partial charge in [0.25, 0.3) is 10.0 Å². The van der Waals surface area contributed by atoms with Crippen molar-refractivity contribution in [1.82, 2.24) is 19.5 Å². The van der Waals surface area contributed by atoms with Gasteiger partial charge in [-0.05, 0) is 63.1 Å². The zero-order chi connectivity index (χ0) is 22.9. The molecule has 8 nitrogen and oxygen atoms in total. The number of imidazole rings is 1. The van der Waals surface area contributed by atoms with Gasteiger partial charge >= 0.3 is 0 Å². The lowest BCUT2D eigenvalue weighted by molar-refractivity contribution is 0.600. The summed E-state index contributed by atoms with van der Waals surface area (Å²) in [6.45, 7) is 7.39. The Kier molecular flexibility index (Phi) is 5.67. The molecule has 2 aromatic heterocycles. The lowest BCUT2D eigenvalue weighted by Gasteiger charge is -2.14. The zero-order valence-electron chi connectivity index (χ0n) is 18.3. The third-order valence-electron chi connectivity index (χ3n) is 4.88. The molecule has 0 aliphatic heterocycles. The summed E-state index contributed by atoms with van der Waals surface area (Å²) in [5.41, 5.74) is 3.73. The molecular formula is C23H24N6O2S. The number of aromatic nitrogens is 4. The number of nitrogens with one attached hydrogen (secondary N) is 2. The first kappa shape index (κ1) is 21.5. The summed E-state index contributed by atoms with van der Waals surface area (Å²) in [5.74, 6) is 1.94. The molecule has 0 bridgehead atoms. The predicted octanol–water partition coefficient (Wildman–Crippen LogP) is 4.44. The van der Waals surface area contributed by atoms with Crippen molar-refractivity contribution >= 4 is 27.2 Å². The maximum absolute atomic E-state index is 13.0. The van der Waals surface area contributed by atoms with E-state index in [1.807, 2.05) is 52.1 Å². The Balaban J connectivity index is 1.53. The zero-order valence-corrected chi connectivity index (χ0v) is 19.1. The van der Waals surface area contributed by atoms with Crippen LogP contribution in [0.2, 0.25) is 0 Å². The molecule has 0 saturated carbocycles. The van der Waals surface area contributed by atoms with Gasteiger partial charge < -0.3 is 5.32 Å². The van der Waals surface area contributed by atoms with E-state index in [9.17, 15) is 8.42 Å². The van der Waals surface area contributed by atoms with Gasteiger partial charge in [-0.2, -0.15) is 0 Å². The van der Waals surface area contributed by atoms with E-state index in [-0.39, 0.29) is 0 Å². The number of hydrogen-bond donors (Lipinski definition) is 2. The molecule has 32 heavy (non-hydrogen) atoms. The van der Waals surface area contributed by atoms with Crippen molar-refractivity contribution in [2.75, 3.05) is 10.0 Å². The van der Waals surface area contributed by atoms with Crippen LogP contribution >= 0.6 is 0 Å². The first-order valence-corrected chi connectivity index (χ1v) is 11.5. The van der Waals surface area contributed by atoms with E-state index in [4.69, 9.17) is 0 Å². The van der Waals surface area contributed by atoms with Gasteiger partial charge in [0.15, 0.2) is 0 Å². The van der Waals surface area contributed by atoms with Gasteiger partial charge in [-0.1, -0.05) is 17.7 Å². The maximum Gasteiger partial charge on any atom is 0.262 e. The predicted molar refractivity (Wildman–Crippen MR) is 125 cm³/mol. The number of anilines is 3. The average molecular weight is 449 g/mol. The Bertz CT molecular complexity index is 1340. The van der Waals surface area contributed by atoms with Crippen LogP contribution < -0.4 is 10.0 Å². The van der Waals surface area contributed by atoms with Crippen LogP contribution in [0, 0.1) is 27.7 Å². The molecule has 0 atom stereocenters. The molecular weight excluding hydrogens is 424 g/mol. The quantitative estimate of drug-likeness (QED) is 0.452. The fourth-order valence-electron chi connectivity index (χ4n) is 3.71. The van der Waals surface area contributed by atoms with Crippen LogP contribution in [0.3, 0.4) is 0 Å². The van der Waals surface area contributed by atoms with Gasteiger partial charge in [0, 0.05) is 29.8 Å². The first-order chi connectivity index (χ1) is 15.2. The summed E-state index contributed by atoms with van der Waals surface area (Å²) in [6.07, 6.45) is 5.16. The Hall–Kier alpha value is -3.72. The molecule has 2 heterocycles. The highest BCUT2D eigenvalue weighted by molar-refractivity contribution is 7.92. The van der Waals surface area contributed by atoms with E-state index in [1.165, 1.54) is 0 Å². The molecule has 0 spiro atoms. The molecule has 0 unspecified atom stereocenters. The molecule has 0 amide bonds. The standard InChI is InChI=1S/C23H24N6O2S/c1-15-11-16(2)23(17(3)12-15)32(30,31)28-20-7-5-19(6-8-20)27-21-13-22(26-18(4)25-21)29-10-9-24-14-29/h5-14,28H,1-4H3,(H,25,26,27). The van der Waals surface area contributed by atoms with Crippen molar-refractivity contribution in [2.45, 2.75) is 32.6 Å². The van der Waals surface area contributed by atoms with Crippen molar-refractivity contribution in [1.29, 1.82) is 0 Å². The minimum atomic E-state index is -3.70. The van der Waals surface area contributed by atoms with E-state index in [2.05, 4.69) is 25.0 Å². The molecule has 0 aliphatic carbocycles. The number of sulfonamides is 1. The number of hydrogen-bond acceptors (Lipinski definition) is 6. The lowest BCUT2D eigenvalue weighted by Crippen LogP contribution is -2.16. The molecule has 0 saturated heterocycles. The third kappa shape index (κ3) is 4.62. The topological polar surface area (TPSA) is 102 Å². The second kappa shape index (κ2) is 8.43. The van der Waals surface area contributed by atoms with Gasteiger partial charge in [-0.3, -0.25) is 9.29 Å². The Morgan fingerprint density at radius 1 is 0.875 bits per heavy atom. The first-order valence-electron chi connectivity index (χ1n) is 10.0. The van der Waals surface area contributed by atoms with Crippen LogP contribution in [-0.2, 0) is 10.0 Å². The molecule has 2 N–H and O–H groups in total. The molecule has 9 heteroatoms. The summed E-state index contributed by atoms with van der Waals surface area (Å²) in [5, 5.41) is 3.23. The normalized spacial score (nSPS) is 11.4. The number of rotatable bonds is 6. The van der Waals surface area contributed by atoms with E-state index >= 15 is 0 Å². The second-order valence-electron chi connectivity index (χ2n) is 7.66. The number of benzene rings is 2. The SMILES string of the molecule is Cc1cc(C)c(S(=O)(=O)Nc2ccc(Nc3cc(-n4ccnc4)nc(C)n3)cc2)c(C)c1. The monoisotopic (exact) mass is 448 g/mol. The largest absolute Gasteiger partial charge is 0.340 e. The minimum Gasteiger partial charge on any atom is -0.340 e. The summed E-state index contributed by atoms with van der Waals surface area (Å²) in [6, 6.07) is 12.6. The maximum atomic E-state index is 13.0. The molecule has 2 aromatic carbocycles. The van der Waals surface area contributed by atoms with Crippen molar-refractivity contribution in [2.24, 2.45) is 0 Å². The molecule has 0 fully saturated rings. The average Bonchev–Trinajstić information content (AvgIpc) is 3.23. The third-order valence-corrected chi connectivity index (χ3v) is 6.56. The number of aryl methyl sites for hydroxylation is 4. The Labute approximate surface area is 187 Å². The van der Waals surface area contributed by atoms with E-state index in [1.54, 1.807) is 41.4 Å². The van der Waals surface area contributed by atoms with Crippen molar-refractivity contribution in [3.05, 3.63) is 83.7 Å². The number of nitrogens with zero attached hydrogens (tertiary/aromatic N) is 4. The van der Waals surface area contributed by atoms with Crippen LogP contribution in [-0.4, -0.2) is 27.9 Å². The van der Waals surface area contributed by atoms with Crippen molar-refractivity contribution in [3.63, 3.8) is 0 Å². The highest BCUT2D eigenvalue weighted by Crippen LogP contribution is 2.25. The smallest absolute Gasteiger partial charge is 0.262 e. The summed E-state index contributed by atoms with van der Waals surface area (Å²) >= 11 is 0. The van der Waals surface area contributed by atoms with Crippen LogP contribution in [0.5, 0.6) is 0 Å². The molecule has 164 valence electrons. The fraction of sp³-hybridized carbons (Fsp3) is 0.174. The van der Waals surface area contributed by atoms with Crippen molar-refractivity contribution < 1.29 is 8.42 Å². The molecule has 4 aromatic rings. The molecule has 0 radical (unpaired) electrons. The van der Waals surface area contributed by atoms with Crippen molar-refractivity contribution in [3.8, 4) is 5.82 Å². The highest BCUT2D eigenvalue weighted by Gasteiger charge is 2.20. The van der Waals surface area contributed by atoms with Crippen LogP contribution in [0.15, 0.2) is 66.1 Å². The van der Waals surface area contributed by atoms with Gasteiger partial charge in [-0.15, -0.1) is 0 Å². The summed E-state index contributed by atoms with van der Waals surface area (Å²) in [4.78, 5) is 13.2. The highest BCUT2D eigenvalue weighted by atomic mass is 32.2. The molecule has 0 aliphatic rings. The Morgan fingerprint density at radius 2 is 1.53 bits per heavy atom. The lowest BCUT2D eigenvalue weighted by atomic mass is 10.1. The summed E-state index contributed by atoms with van der Waals surface area (Å²) < 4.78 is 30.4. The minimum absolute atomic E-state index is 0.314. The van der Waals surface area contributed by atoms with Gasteiger partial charge in [-0.25, -0.2) is 23.4 Å². The van der Waals surface area contributed by atoms with Gasteiger partial charge in [0.2, 0.25) is 0 Å². The Morgan fingerprint density at radius 3 is 2.16 bits per heavy atom. The summed E-state index contributed by atoms with van der Waals surface area (Å²) in [7, 11) is -3.70. The van der Waals surface area contributed by atoms with E-state index in [0.717, 1.165) is 22.4 Å². The molecule has 4 rings (SSSR count). The van der Waals surface area contributed by atoms with E-state index in [0.29, 0.717) is 28.0 Å². The fourth-order valence-corrected chi connectivity index (χ4v) is 5.22. The van der Waals surface area contributed by atoms with Gasteiger partial charge in [0.05, 0.1) is 4.90 Å². The van der Waals surface area contributed by atoms with Crippen LogP contribution in [0.1, 0.15) is 22.5 Å². The van der Waals surface area contributed by atoms with E-state index < -0.39 is 10.0 Å². The van der Waals surface area contributed by atoms with Crippen LogP contribution in [0.25, 0.3) is 5.82 Å².